The zero-order chi connectivity index (χ0) is 19.9. The van der Waals surface area contributed by atoms with Crippen molar-refractivity contribution in [3.8, 4) is 17.0 Å². The lowest BCUT2D eigenvalue weighted by atomic mass is 10.0. The van der Waals surface area contributed by atoms with E-state index in [4.69, 9.17) is 9.47 Å². The van der Waals surface area contributed by atoms with E-state index in [1.165, 1.54) is 12.1 Å². The van der Waals surface area contributed by atoms with Crippen molar-refractivity contribution in [1.29, 1.82) is 0 Å². The van der Waals surface area contributed by atoms with E-state index in [0.717, 1.165) is 37.6 Å². The molecule has 0 spiro atoms. The molecule has 0 bridgehead atoms. The predicted molar refractivity (Wildman–Crippen MR) is 102 cm³/mol. The minimum Gasteiger partial charge on any atom is -0.491 e. The fourth-order valence-electron chi connectivity index (χ4n) is 2.80. The number of halogens is 2. The van der Waals surface area contributed by atoms with Crippen LogP contribution >= 0.6 is 0 Å². The third-order valence-electron chi connectivity index (χ3n) is 4.31. The molecule has 2 aromatic rings. The van der Waals surface area contributed by atoms with Gasteiger partial charge in [0.05, 0.1) is 18.5 Å². The Morgan fingerprint density at radius 3 is 2.67 bits per heavy atom. The fraction of sp³-hybridized carbons (Fsp3) is 0.550. The molecule has 0 aliphatic carbocycles. The molecule has 7 heteroatoms. The van der Waals surface area contributed by atoms with E-state index >= 15 is 0 Å². The Bertz CT molecular complexity index is 713. The maximum absolute atomic E-state index is 14.0. The molecule has 27 heavy (non-hydrogen) atoms. The van der Waals surface area contributed by atoms with Crippen molar-refractivity contribution in [2.75, 3.05) is 33.9 Å². The topological polar surface area (TPSA) is 50.4 Å². The molecular weight excluding hydrogens is 352 g/mol. The Kier molecular flexibility index (Phi) is 7.74. The normalized spacial score (nSPS) is 12.0. The largest absolute Gasteiger partial charge is 0.491 e. The number of hydrogen-bond acceptors (Lipinski definition) is 4. The Morgan fingerprint density at radius 2 is 2.00 bits per heavy atom. The molecule has 0 aliphatic rings. The Hall–Kier alpha value is -1.99. The van der Waals surface area contributed by atoms with Crippen LogP contribution in [-0.4, -0.2) is 49.0 Å². The molecule has 1 heterocycles. The van der Waals surface area contributed by atoms with E-state index in [-0.39, 0.29) is 5.56 Å². The van der Waals surface area contributed by atoms with Crippen molar-refractivity contribution < 1.29 is 18.3 Å². The summed E-state index contributed by atoms with van der Waals surface area (Å²) < 4.78 is 38.5. The number of benzene rings is 1. The van der Waals surface area contributed by atoms with Gasteiger partial charge in [-0.25, -0.2) is 8.78 Å². The summed E-state index contributed by atoms with van der Waals surface area (Å²) in [7, 11) is 3.61. The van der Waals surface area contributed by atoms with Gasteiger partial charge in [0.2, 0.25) is 0 Å². The molecule has 0 fully saturated rings. The lowest BCUT2D eigenvalue weighted by molar-refractivity contribution is 0.0172. The minimum absolute atomic E-state index is 0.0905. The van der Waals surface area contributed by atoms with E-state index in [1.807, 2.05) is 7.05 Å². The summed E-state index contributed by atoms with van der Waals surface area (Å²) in [5.74, 6) is -2.58. The Balaban J connectivity index is 2.31. The van der Waals surface area contributed by atoms with Crippen molar-refractivity contribution in [1.82, 2.24) is 15.1 Å². The van der Waals surface area contributed by atoms with Gasteiger partial charge in [-0.2, -0.15) is 5.10 Å². The molecule has 0 radical (unpaired) electrons. The zero-order valence-corrected chi connectivity index (χ0v) is 16.5. The van der Waals surface area contributed by atoms with Crippen molar-refractivity contribution in [3.63, 3.8) is 0 Å². The lowest BCUT2D eigenvalue weighted by Gasteiger charge is -2.18. The van der Waals surface area contributed by atoms with Gasteiger partial charge >= 0.3 is 0 Å². The third-order valence-corrected chi connectivity index (χ3v) is 4.31. The average Bonchev–Trinajstić information content (AvgIpc) is 3.07. The van der Waals surface area contributed by atoms with Gasteiger partial charge in [0, 0.05) is 37.3 Å². The number of H-pyrrole nitrogens is 1. The van der Waals surface area contributed by atoms with Gasteiger partial charge in [0.25, 0.3) is 5.92 Å². The highest BCUT2D eigenvalue weighted by atomic mass is 19.3. The van der Waals surface area contributed by atoms with Crippen molar-refractivity contribution in [2.45, 2.75) is 39.2 Å². The van der Waals surface area contributed by atoms with Crippen molar-refractivity contribution >= 4 is 0 Å². The predicted octanol–water partition coefficient (Wildman–Crippen LogP) is 4.45. The van der Waals surface area contributed by atoms with Crippen LogP contribution in [0.25, 0.3) is 11.3 Å². The molecule has 0 saturated carbocycles. The standard InChI is InChI=1S/C20H29F2N3O2/c1-5-6-7-25(3)14-16-13-23-24-19(16)15-10-17(20(2,21)22)12-18(11-15)27-9-8-26-4/h10-13H,5-9,14H2,1-4H3,(H,23,24). The van der Waals surface area contributed by atoms with Crippen LogP contribution in [0.2, 0.25) is 0 Å². The summed E-state index contributed by atoms with van der Waals surface area (Å²) in [6, 6.07) is 4.63. The molecule has 0 amide bonds. The lowest BCUT2D eigenvalue weighted by Crippen LogP contribution is -2.19. The van der Waals surface area contributed by atoms with E-state index in [9.17, 15) is 8.78 Å². The van der Waals surface area contributed by atoms with Gasteiger partial charge < -0.3 is 14.4 Å². The first-order valence-corrected chi connectivity index (χ1v) is 9.21. The van der Waals surface area contributed by atoms with E-state index in [0.29, 0.717) is 31.1 Å². The summed E-state index contributed by atoms with van der Waals surface area (Å²) >= 11 is 0. The molecule has 5 nitrogen and oxygen atoms in total. The molecule has 150 valence electrons. The summed E-state index contributed by atoms with van der Waals surface area (Å²) in [5.41, 5.74) is 2.25. The highest BCUT2D eigenvalue weighted by Crippen LogP contribution is 2.35. The number of nitrogens with one attached hydrogen (secondary N) is 1. The van der Waals surface area contributed by atoms with Crippen LogP contribution in [-0.2, 0) is 17.2 Å². The maximum atomic E-state index is 14.0. The molecule has 0 atom stereocenters. The maximum Gasteiger partial charge on any atom is 0.270 e. The third kappa shape index (κ3) is 6.29. The van der Waals surface area contributed by atoms with Crippen LogP contribution in [0.3, 0.4) is 0 Å². The van der Waals surface area contributed by atoms with E-state index < -0.39 is 5.92 Å². The number of hydrogen-bond donors (Lipinski definition) is 1. The number of rotatable bonds is 11. The molecule has 1 aromatic carbocycles. The number of aromatic amines is 1. The molecule has 0 aliphatic heterocycles. The smallest absolute Gasteiger partial charge is 0.270 e. The van der Waals surface area contributed by atoms with Crippen LogP contribution in [0.1, 0.15) is 37.8 Å². The number of unbranched alkanes of at least 4 members (excludes halogenated alkanes) is 1. The highest BCUT2D eigenvalue weighted by molar-refractivity contribution is 5.66. The monoisotopic (exact) mass is 381 g/mol. The second-order valence-electron chi connectivity index (χ2n) is 6.84. The average molecular weight is 381 g/mol. The van der Waals surface area contributed by atoms with Crippen LogP contribution in [0.4, 0.5) is 8.78 Å². The van der Waals surface area contributed by atoms with Gasteiger partial charge in [-0.15, -0.1) is 0 Å². The molecule has 0 saturated heterocycles. The number of aromatic nitrogens is 2. The molecule has 0 unspecified atom stereocenters. The summed E-state index contributed by atoms with van der Waals surface area (Å²) in [4.78, 5) is 2.20. The van der Waals surface area contributed by atoms with Gasteiger partial charge in [-0.05, 0) is 38.2 Å². The molecule has 1 N–H and O–H groups in total. The number of ether oxygens (including phenoxy) is 2. The van der Waals surface area contributed by atoms with Gasteiger partial charge in [-0.1, -0.05) is 13.3 Å². The number of alkyl halides is 2. The minimum atomic E-state index is -2.96. The van der Waals surface area contributed by atoms with Crippen LogP contribution in [0.15, 0.2) is 24.4 Å². The Morgan fingerprint density at radius 1 is 1.22 bits per heavy atom. The summed E-state index contributed by atoms with van der Waals surface area (Å²) in [6.07, 6.45) is 3.98. The Labute approximate surface area is 159 Å². The van der Waals surface area contributed by atoms with Gasteiger partial charge in [-0.3, -0.25) is 5.10 Å². The van der Waals surface area contributed by atoms with Crippen LogP contribution in [0, 0.1) is 0 Å². The first-order valence-electron chi connectivity index (χ1n) is 9.21. The van der Waals surface area contributed by atoms with E-state index in [1.54, 1.807) is 19.4 Å². The first-order chi connectivity index (χ1) is 12.8. The van der Waals surface area contributed by atoms with Crippen molar-refractivity contribution in [3.05, 3.63) is 35.5 Å². The second-order valence-corrected chi connectivity index (χ2v) is 6.84. The highest BCUT2D eigenvalue weighted by Gasteiger charge is 2.26. The van der Waals surface area contributed by atoms with Crippen LogP contribution in [0.5, 0.6) is 5.75 Å². The first kappa shape index (κ1) is 21.3. The quantitative estimate of drug-likeness (QED) is 0.585. The van der Waals surface area contributed by atoms with Gasteiger partial charge in [0.1, 0.15) is 12.4 Å². The van der Waals surface area contributed by atoms with Crippen molar-refractivity contribution in [2.24, 2.45) is 0 Å². The summed E-state index contributed by atoms with van der Waals surface area (Å²) in [6.45, 7) is 5.39. The van der Waals surface area contributed by atoms with E-state index in [2.05, 4.69) is 22.0 Å². The zero-order valence-electron chi connectivity index (χ0n) is 16.5. The molecular formula is C20H29F2N3O2. The number of nitrogens with zero attached hydrogens (tertiary/aromatic N) is 2. The summed E-state index contributed by atoms with van der Waals surface area (Å²) in [5, 5.41) is 7.08. The number of methoxy groups -OCH3 is 1. The molecule has 1 aromatic heterocycles. The van der Waals surface area contributed by atoms with Gasteiger partial charge in [0.15, 0.2) is 0 Å². The molecule has 2 rings (SSSR count). The van der Waals surface area contributed by atoms with Crippen LogP contribution < -0.4 is 4.74 Å². The SMILES string of the molecule is CCCCN(C)Cc1cn[nH]c1-c1cc(OCCOC)cc(C(C)(F)F)c1. The fourth-order valence-corrected chi connectivity index (χ4v) is 2.80. The second kappa shape index (κ2) is 9.80.